The van der Waals surface area contributed by atoms with Crippen LogP contribution in [0.3, 0.4) is 0 Å². The van der Waals surface area contributed by atoms with Crippen molar-refractivity contribution in [2.75, 3.05) is 58.3 Å². The molecule has 2 aliphatic heterocycles. The van der Waals surface area contributed by atoms with Crippen molar-refractivity contribution in [2.45, 2.75) is 31.3 Å². The van der Waals surface area contributed by atoms with E-state index >= 15 is 0 Å². The SMILES string of the molecule is CCSC[C@H](N)C(=O)N1CCN(C)C2(CCN(C)CC2)C1. The highest BCUT2D eigenvalue weighted by molar-refractivity contribution is 7.99. The van der Waals surface area contributed by atoms with E-state index in [9.17, 15) is 4.79 Å². The Kier molecular flexibility index (Phi) is 5.94. The van der Waals surface area contributed by atoms with Crippen LogP contribution < -0.4 is 5.73 Å². The van der Waals surface area contributed by atoms with Gasteiger partial charge in [0.15, 0.2) is 0 Å². The summed E-state index contributed by atoms with van der Waals surface area (Å²) in [6.45, 7) is 6.96. The first-order chi connectivity index (χ1) is 9.98. The van der Waals surface area contributed by atoms with Crippen LogP contribution in [0.1, 0.15) is 19.8 Å². The number of hydrogen-bond acceptors (Lipinski definition) is 5. The molecule has 2 saturated heterocycles. The lowest BCUT2D eigenvalue weighted by Crippen LogP contribution is -2.66. The highest BCUT2D eigenvalue weighted by Gasteiger charge is 2.43. The van der Waals surface area contributed by atoms with E-state index in [-0.39, 0.29) is 17.5 Å². The number of hydrogen-bond donors (Lipinski definition) is 1. The van der Waals surface area contributed by atoms with E-state index in [0.29, 0.717) is 0 Å². The Morgan fingerprint density at radius 3 is 2.52 bits per heavy atom. The second kappa shape index (κ2) is 7.31. The Labute approximate surface area is 133 Å². The van der Waals surface area contributed by atoms with Gasteiger partial charge in [0, 0.05) is 30.9 Å². The number of likely N-dealkylation sites (N-methyl/N-ethyl adjacent to an activating group) is 1. The fourth-order valence-electron chi connectivity index (χ4n) is 3.38. The summed E-state index contributed by atoms with van der Waals surface area (Å²) >= 11 is 1.75. The molecule has 1 amide bonds. The summed E-state index contributed by atoms with van der Waals surface area (Å²) < 4.78 is 0. The summed E-state index contributed by atoms with van der Waals surface area (Å²) in [5.41, 5.74) is 6.24. The van der Waals surface area contributed by atoms with Crippen LogP contribution in [-0.4, -0.2) is 90.5 Å². The van der Waals surface area contributed by atoms with Crippen LogP contribution in [0, 0.1) is 0 Å². The van der Waals surface area contributed by atoms with Crippen LogP contribution in [0.25, 0.3) is 0 Å². The van der Waals surface area contributed by atoms with E-state index < -0.39 is 0 Å². The predicted octanol–water partition coefficient (Wildman–Crippen LogP) is 0.305. The highest BCUT2D eigenvalue weighted by atomic mass is 32.2. The molecule has 0 aromatic carbocycles. The molecule has 1 atom stereocenters. The molecule has 2 N–H and O–H groups in total. The zero-order valence-electron chi connectivity index (χ0n) is 13.7. The number of nitrogens with two attached hydrogens (primary N) is 1. The number of piperidine rings is 1. The Hall–Kier alpha value is -0.300. The fraction of sp³-hybridized carbons (Fsp3) is 0.933. The van der Waals surface area contributed by atoms with Gasteiger partial charge in [-0.05, 0) is 45.8 Å². The predicted molar refractivity (Wildman–Crippen MR) is 89.6 cm³/mol. The minimum absolute atomic E-state index is 0.141. The normalized spacial score (nSPS) is 25.2. The summed E-state index contributed by atoms with van der Waals surface area (Å²) in [4.78, 5) is 19.4. The van der Waals surface area contributed by atoms with Crippen LogP contribution in [0.2, 0.25) is 0 Å². The average molecular weight is 314 g/mol. The van der Waals surface area contributed by atoms with Crippen molar-refractivity contribution < 1.29 is 4.79 Å². The number of thioether (sulfide) groups is 1. The van der Waals surface area contributed by atoms with Gasteiger partial charge in [0.25, 0.3) is 0 Å². The maximum atomic E-state index is 12.6. The minimum atomic E-state index is -0.346. The van der Waals surface area contributed by atoms with E-state index in [4.69, 9.17) is 5.73 Å². The maximum Gasteiger partial charge on any atom is 0.240 e. The molecular weight excluding hydrogens is 284 g/mol. The number of amides is 1. The minimum Gasteiger partial charge on any atom is -0.338 e. The molecule has 0 aromatic rings. The summed E-state index contributed by atoms with van der Waals surface area (Å²) in [5.74, 6) is 1.89. The van der Waals surface area contributed by atoms with Crippen LogP contribution in [0.5, 0.6) is 0 Å². The van der Waals surface area contributed by atoms with Gasteiger partial charge in [-0.15, -0.1) is 0 Å². The standard InChI is InChI=1S/C15H30N4OS/c1-4-21-11-13(16)14(20)19-10-9-18(3)15(12-19)5-7-17(2)8-6-15/h13H,4-12,16H2,1-3H3/t13-/m0/s1. The first-order valence-corrected chi connectivity index (χ1v) is 9.16. The lowest BCUT2D eigenvalue weighted by atomic mass is 9.83. The lowest BCUT2D eigenvalue weighted by molar-refractivity contribution is -0.138. The number of nitrogens with zero attached hydrogens (tertiary/aromatic N) is 3. The molecule has 122 valence electrons. The second-order valence-electron chi connectivity index (χ2n) is 6.47. The molecule has 0 bridgehead atoms. The largest absolute Gasteiger partial charge is 0.338 e. The van der Waals surface area contributed by atoms with Gasteiger partial charge >= 0.3 is 0 Å². The number of carbonyl (C=O) groups is 1. The molecule has 21 heavy (non-hydrogen) atoms. The zero-order valence-corrected chi connectivity index (χ0v) is 14.5. The molecule has 6 heteroatoms. The third-order valence-corrected chi connectivity index (χ3v) is 6.05. The average Bonchev–Trinajstić information content (AvgIpc) is 2.49. The Bertz CT molecular complexity index is 358. The van der Waals surface area contributed by atoms with Crippen LogP contribution in [0.15, 0.2) is 0 Å². The smallest absolute Gasteiger partial charge is 0.240 e. The van der Waals surface area contributed by atoms with E-state index in [0.717, 1.165) is 57.1 Å². The number of piperazine rings is 1. The molecule has 0 unspecified atom stereocenters. The molecule has 2 aliphatic rings. The van der Waals surface area contributed by atoms with Gasteiger partial charge in [-0.25, -0.2) is 0 Å². The van der Waals surface area contributed by atoms with E-state index in [2.05, 4.69) is 30.8 Å². The maximum absolute atomic E-state index is 12.6. The molecular formula is C15H30N4OS. The number of likely N-dealkylation sites (tertiary alicyclic amines) is 1. The molecule has 2 rings (SSSR count). The molecule has 0 saturated carbocycles. The molecule has 0 aromatic heterocycles. The van der Waals surface area contributed by atoms with Crippen molar-refractivity contribution in [3.05, 3.63) is 0 Å². The third-order valence-electron chi connectivity index (χ3n) is 5.05. The van der Waals surface area contributed by atoms with E-state index in [1.807, 2.05) is 4.90 Å². The van der Waals surface area contributed by atoms with Gasteiger partial charge < -0.3 is 15.5 Å². The van der Waals surface area contributed by atoms with Crippen molar-refractivity contribution >= 4 is 17.7 Å². The first kappa shape index (κ1) is 17.1. The Balaban J connectivity index is 1.98. The van der Waals surface area contributed by atoms with Crippen molar-refractivity contribution in [1.82, 2.24) is 14.7 Å². The first-order valence-electron chi connectivity index (χ1n) is 8.00. The van der Waals surface area contributed by atoms with Gasteiger partial charge in [0.1, 0.15) is 0 Å². The van der Waals surface area contributed by atoms with Gasteiger partial charge in [0.05, 0.1) is 6.04 Å². The summed E-state index contributed by atoms with van der Waals surface area (Å²) in [5, 5.41) is 0. The molecule has 0 radical (unpaired) electrons. The van der Waals surface area contributed by atoms with E-state index in [1.54, 1.807) is 11.8 Å². The quantitative estimate of drug-likeness (QED) is 0.809. The topological polar surface area (TPSA) is 52.8 Å². The van der Waals surface area contributed by atoms with E-state index in [1.165, 1.54) is 0 Å². The highest BCUT2D eigenvalue weighted by Crippen LogP contribution is 2.31. The molecule has 1 spiro atoms. The third kappa shape index (κ3) is 3.92. The summed E-state index contributed by atoms with van der Waals surface area (Å²) in [6, 6.07) is -0.346. The van der Waals surface area contributed by atoms with Gasteiger partial charge in [-0.1, -0.05) is 6.92 Å². The molecule has 0 aliphatic carbocycles. The molecule has 2 heterocycles. The monoisotopic (exact) mass is 314 g/mol. The zero-order chi connectivity index (χ0) is 15.5. The van der Waals surface area contributed by atoms with Crippen molar-refractivity contribution in [3.63, 3.8) is 0 Å². The van der Waals surface area contributed by atoms with Crippen LogP contribution in [-0.2, 0) is 4.79 Å². The molecule has 2 fully saturated rings. The number of rotatable bonds is 4. The second-order valence-corrected chi connectivity index (χ2v) is 7.79. The van der Waals surface area contributed by atoms with Gasteiger partial charge in [-0.2, -0.15) is 11.8 Å². The van der Waals surface area contributed by atoms with Gasteiger partial charge in [-0.3, -0.25) is 9.69 Å². The van der Waals surface area contributed by atoms with Crippen molar-refractivity contribution in [2.24, 2.45) is 5.73 Å². The molecule has 5 nitrogen and oxygen atoms in total. The lowest BCUT2D eigenvalue weighted by Gasteiger charge is -2.53. The number of carbonyl (C=O) groups excluding carboxylic acids is 1. The Morgan fingerprint density at radius 1 is 1.24 bits per heavy atom. The van der Waals surface area contributed by atoms with Crippen LogP contribution >= 0.6 is 11.8 Å². The fourth-order valence-corrected chi connectivity index (χ4v) is 4.01. The Morgan fingerprint density at radius 2 is 1.90 bits per heavy atom. The van der Waals surface area contributed by atoms with Crippen molar-refractivity contribution in [3.8, 4) is 0 Å². The van der Waals surface area contributed by atoms with Crippen LogP contribution in [0.4, 0.5) is 0 Å². The summed E-state index contributed by atoms with van der Waals surface area (Å²) in [6.07, 6.45) is 2.28. The van der Waals surface area contributed by atoms with Crippen molar-refractivity contribution in [1.29, 1.82) is 0 Å². The van der Waals surface area contributed by atoms with Gasteiger partial charge in [0.2, 0.25) is 5.91 Å². The summed E-state index contributed by atoms with van der Waals surface area (Å²) in [7, 11) is 4.39.